The average Bonchev–Trinajstić information content (AvgIpc) is 3.15. The van der Waals surface area contributed by atoms with E-state index in [1.54, 1.807) is 13.4 Å². The van der Waals surface area contributed by atoms with Crippen LogP contribution in [0.2, 0.25) is 0 Å². The van der Waals surface area contributed by atoms with Gasteiger partial charge in [0.25, 0.3) is 0 Å². The third-order valence-electron chi connectivity index (χ3n) is 5.48. The van der Waals surface area contributed by atoms with E-state index < -0.39 is 0 Å². The molecule has 5 nitrogen and oxygen atoms in total. The molecule has 0 N–H and O–H groups in total. The van der Waals surface area contributed by atoms with Crippen LogP contribution in [0.4, 0.5) is 0 Å². The Bertz CT molecular complexity index is 879. The summed E-state index contributed by atoms with van der Waals surface area (Å²) in [5.41, 5.74) is 3.68. The highest BCUT2D eigenvalue weighted by Gasteiger charge is 2.23. The molecule has 1 aliphatic rings. The van der Waals surface area contributed by atoms with Crippen LogP contribution in [-0.2, 0) is 13.6 Å². The van der Waals surface area contributed by atoms with Crippen molar-refractivity contribution in [3.63, 3.8) is 0 Å². The molecule has 2 heterocycles. The summed E-state index contributed by atoms with van der Waals surface area (Å²) in [5.74, 6) is 2.56. The lowest BCUT2D eigenvalue weighted by molar-refractivity contribution is 0.200. The molecule has 0 atom stereocenters. The second kappa shape index (κ2) is 7.92. The number of methoxy groups -OCH3 is 1. The molecule has 1 aromatic heterocycles. The Morgan fingerprint density at radius 2 is 1.78 bits per heavy atom. The zero-order valence-electron chi connectivity index (χ0n) is 16.0. The predicted octanol–water partition coefficient (Wildman–Crippen LogP) is 3.87. The van der Waals surface area contributed by atoms with Crippen LogP contribution < -0.4 is 4.74 Å². The van der Waals surface area contributed by atoms with Gasteiger partial charge in [-0.1, -0.05) is 42.5 Å². The first-order chi connectivity index (χ1) is 13.2. The van der Waals surface area contributed by atoms with Crippen molar-refractivity contribution in [2.45, 2.75) is 25.3 Å². The molecule has 0 radical (unpaired) electrons. The van der Waals surface area contributed by atoms with E-state index >= 15 is 0 Å². The van der Waals surface area contributed by atoms with Gasteiger partial charge >= 0.3 is 0 Å². The standard InChI is InChI=1S/C22H26N4O/c1-25-16-23-24-22(25)19-11-13-26(14-12-19)15-17-7-9-18(10-8-17)20-5-3-4-6-21(20)27-2/h3-10,16,19H,11-15H2,1-2H3. The van der Waals surface area contributed by atoms with Crippen LogP contribution in [0, 0.1) is 0 Å². The van der Waals surface area contributed by atoms with Crippen molar-refractivity contribution in [1.29, 1.82) is 0 Å². The van der Waals surface area contributed by atoms with Crippen LogP contribution in [0.25, 0.3) is 11.1 Å². The molecule has 0 unspecified atom stereocenters. The van der Waals surface area contributed by atoms with Gasteiger partial charge < -0.3 is 9.30 Å². The van der Waals surface area contributed by atoms with E-state index in [1.807, 2.05) is 25.2 Å². The Hall–Kier alpha value is -2.66. The van der Waals surface area contributed by atoms with Crippen molar-refractivity contribution < 1.29 is 4.74 Å². The number of aromatic nitrogens is 3. The third kappa shape index (κ3) is 3.88. The number of para-hydroxylation sites is 1. The van der Waals surface area contributed by atoms with Gasteiger partial charge in [-0.15, -0.1) is 10.2 Å². The molecular weight excluding hydrogens is 336 g/mol. The first-order valence-electron chi connectivity index (χ1n) is 9.53. The SMILES string of the molecule is COc1ccccc1-c1ccc(CN2CCC(c3nncn3C)CC2)cc1. The quantitative estimate of drug-likeness (QED) is 0.691. The van der Waals surface area contributed by atoms with E-state index in [-0.39, 0.29) is 0 Å². The number of hydrogen-bond acceptors (Lipinski definition) is 4. The fraction of sp³-hybridized carbons (Fsp3) is 0.364. The minimum atomic E-state index is 0.529. The zero-order chi connectivity index (χ0) is 18.6. The molecule has 1 saturated heterocycles. The Labute approximate surface area is 160 Å². The van der Waals surface area contributed by atoms with Gasteiger partial charge in [-0.2, -0.15) is 0 Å². The minimum Gasteiger partial charge on any atom is -0.496 e. The molecule has 2 aromatic carbocycles. The fourth-order valence-electron chi connectivity index (χ4n) is 3.94. The van der Waals surface area contributed by atoms with E-state index in [2.05, 4.69) is 50.0 Å². The second-order valence-corrected chi connectivity index (χ2v) is 7.25. The topological polar surface area (TPSA) is 43.2 Å². The number of piperidine rings is 1. The van der Waals surface area contributed by atoms with E-state index in [4.69, 9.17) is 4.74 Å². The summed E-state index contributed by atoms with van der Waals surface area (Å²) in [7, 11) is 3.75. The van der Waals surface area contributed by atoms with Crippen LogP contribution in [0.5, 0.6) is 5.75 Å². The van der Waals surface area contributed by atoms with Gasteiger partial charge in [0.2, 0.25) is 0 Å². The molecule has 0 bridgehead atoms. The maximum atomic E-state index is 5.48. The summed E-state index contributed by atoms with van der Waals surface area (Å²) in [5, 5.41) is 8.30. The van der Waals surface area contributed by atoms with Crippen LogP contribution in [0.1, 0.15) is 30.1 Å². The number of nitrogens with zero attached hydrogens (tertiary/aromatic N) is 4. The van der Waals surface area contributed by atoms with Crippen LogP contribution in [0.15, 0.2) is 54.9 Å². The molecule has 27 heavy (non-hydrogen) atoms. The monoisotopic (exact) mass is 362 g/mol. The number of likely N-dealkylation sites (tertiary alicyclic amines) is 1. The molecule has 4 rings (SSSR count). The lowest BCUT2D eigenvalue weighted by Crippen LogP contribution is -2.33. The number of aryl methyl sites for hydroxylation is 1. The van der Waals surface area contributed by atoms with Gasteiger partial charge in [-0.25, -0.2) is 0 Å². The molecule has 1 fully saturated rings. The minimum absolute atomic E-state index is 0.529. The van der Waals surface area contributed by atoms with Crippen molar-refractivity contribution in [3.8, 4) is 16.9 Å². The molecule has 1 aliphatic heterocycles. The highest BCUT2D eigenvalue weighted by atomic mass is 16.5. The second-order valence-electron chi connectivity index (χ2n) is 7.25. The lowest BCUT2D eigenvalue weighted by atomic mass is 9.95. The molecule has 0 aliphatic carbocycles. The first-order valence-corrected chi connectivity index (χ1v) is 9.53. The van der Waals surface area contributed by atoms with Crippen molar-refractivity contribution in [3.05, 3.63) is 66.2 Å². The summed E-state index contributed by atoms with van der Waals surface area (Å²) >= 11 is 0. The number of ether oxygens (including phenoxy) is 1. The molecule has 140 valence electrons. The number of hydrogen-bond donors (Lipinski definition) is 0. The van der Waals surface area contributed by atoms with Crippen LogP contribution >= 0.6 is 0 Å². The Morgan fingerprint density at radius 1 is 1.04 bits per heavy atom. The maximum Gasteiger partial charge on any atom is 0.135 e. The van der Waals surface area contributed by atoms with Gasteiger partial charge in [0.05, 0.1) is 7.11 Å². The maximum absolute atomic E-state index is 5.48. The van der Waals surface area contributed by atoms with E-state index in [1.165, 1.54) is 11.1 Å². The Morgan fingerprint density at radius 3 is 2.44 bits per heavy atom. The van der Waals surface area contributed by atoms with Gasteiger partial charge in [0.1, 0.15) is 17.9 Å². The van der Waals surface area contributed by atoms with E-state index in [0.717, 1.165) is 49.6 Å². The smallest absolute Gasteiger partial charge is 0.135 e. The molecule has 0 amide bonds. The Kier molecular flexibility index (Phi) is 5.21. The van der Waals surface area contributed by atoms with Gasteiger partial charge in [0, 0.05) is 25.1 Å². The highest BCUT2D eigenvalue weighted by molar-refractivity contribution is 5.70. The van der Waals surface area contributed by atoms with Gasteiger partial charge in [-0.3, -0.25) is 4.90 Å². The summed E-state index contributed by atoms with van der Waals surface area (Å²) in [6.07, 6.45) is 4.09. The summed E-state index contributed by atoms with van der Waals surface area (Å²) in [6, 6.07) is 17.0. The first kappa shape index (κ1) is 17.7. The third-order valence-corrected chi connectivity index (χ3v) is 5.48. The summed E-state index contributed by atoms with van der Waals surface area (Å²) in [6.45, 7) is 3.20. The van der Waals surface area contributed by atoms with Crippen molar-refractivity contribution in [1.82, 2.24) is 19.7 Å². The van der Waals surface area contributed by atoms with Crippen molar-refractivity contribution >= 4 is 0 Å². The van der Waals surface area contributed by atoms with Crippen LogP contribution in [0.3, 0.4) is 0 Å². The largest absolute Gasteiger partial charge is 0.496 e. The summed E-state index contributed by atoms with van der Waals surface area (Å²) < 4.78 is 7.53. The lowest BCUT2D eigenvalue weighted by Gasteiger charge is -2.31. The fourth-order valence-corrected chi connectivity index (χ4v) is 3.94. The molecule has 0 saturated carbocycles. The predicted molar refractivity (Wildman–Crippen MR) is 107 cm³/mol. The normalized spacial score (nSPS) is 15.8. The highest BCUT2D eigenvalue weighted by Crippen LogP contribution is 2.30. The van der Waals surface area contributed by atoms with E-state index in [0.29, 0.717) is 5.92 Å². The van der Waals surface area contributed by atoms with E-state index in [9.17, 15) is 0 Å². The van der Waals surface area contributed by atoms with Crippen molar-refractivity contribution in [2.24, 2.45) is 7.05 Å². The Balaban J connectivity index is 1.38. The van der Waals surface area contributed by atoms with Gasteiger partial charge in [-0.05, 0) is 43.1 Å². The zero-order valence-corrected chi connectivity index (χ0v) is 16.0. The average molecular weight is 362 g/mol. The van der Waals surface area contributed by atoms with Crippen molar-refractivity contribution in [2.75, 3.05) is 20.2 Å². The van der Waals surface area contributed by atoms with Gasteiger partial charge in [0.15, 0.2) is 0 Å². The molecule has 3 aromatic rings. The molecular formula is C22H26N4O. The number of benzene rings is 2. The molecule has 5 heteroatoms. The molecule has 0 spiro atoms. The summed E-state index contributed by atoms with van der Waals surface area (Å²) in [4.78, 5) is 2.53. The number of rotatable bonds is 5. The van der Waals surface area contributed by atoms with Crippen LogP contribution in [-0.4, -0.2) is 39.9 Å².